The number of nitrogens with zero attached hydrogens (tertiary/aromatic N) is 4. The van der Waals surface area contributed by atoms with Crippen LogP contribution in [0.1, 0.15) is 63.1 Å². The third-order valence-corrected chi connectivity index (χ3v) is 7.98. The summed E-state index contributed by atoms with van der Waals surface area (Å²) in [5.41, 5.74) is 8.81. The van der Waals surface area contributed by atoms with Gasteiger partial charge >= 0.3 is 6.09 Å². The Bertz CT molecular complexity index is 1470. The SMILES string of the molecule is CCCCCOC(=O)Nc1ccc2ccc(CC[C@@]3(C)C[C@@H](c4ccc5c(N)ncnn45)[C@H](O)[C@@H]3O)cc2n1. The highest BCUT2D eigenvalue weighted by molar-refractivity contribution is 5.87. The number of fused-ring (bicyclic) bond motifs is 2. The molecular formula is C29H36N6O4. The molecule has 0 unspecified atom stereocenters. The van der Waals surface area contributed by atoms with Crippen LogP contribution in [0, 0.1) is 5.41 Å². The molecule has 1 fully saturated rings. The minimum atomic E-state index is -0.919. The van der Waals surface area contributed by atoms with E-state index >= 15 is 0 Å². The number of ether oxygens (including phenoxy) is 1. The lowest BCUT2D eigenvalue weighted by Gasteiger charge is -2.28. The van der Waals surface area contributed by atoms with Gasteiger partial charge in [-0.3, -0.25) is 5.32 Å². The van der Waals surface area contributed by atoms with E-state index in [1.807, 2.05) is 37.3 Å². The van der Waals surface area contributed by atoms with E-state index in [4.69, 9.17) is 10.5 Å². The smallest absolute Gasteiger partial charge is 0.412 e. The molecule has 3 aromatic heterocycles. The normalized spacial score (nSPS) is 22.9. The lowest BCUT2D eigenvalue weighted by atomic mass is 9.80. The first-order chi connectivity index (χ1) is 18.8. The number of unbranched alkanes of at least 4 members (excludes halogenated alkanes) is 2. The first-order valence-electron chi connectivity index (χ1n) is 13.6. The Morgan fingerprint density at radius 3 is 2.85 bits per heavy atom. The molecule has 1 aromatic carbocycles. The van der Waals surface area contributed by atoms with E-state index < -0.39 is 23.7 Å². The van der Waals surface area contributed by atoms with Gasteiger partial charge in [-0.1, -0.05) is 38.8 Å². The van der Waals surface area contributed by atoms with Gasteiger partial charge in [-0.05, 0) is 67.0 Å². The van der Waals surface area contributed by atoms with Crippen LogP contribution in [0.4, 0.5) is 16.4 Å². The predicted molar refractivity (Wildman–Crippen MR) is 149 cm³/mol. The molecule has 10 heteroatoms. The monoisotopic (exact) mass is 532 g/mol. The third-order valence-electron chi connectivity index (χ3n) is 7.98. The predicted octanol–water partition coefficient (Wildman–Crippen LogP) is 4.45. The van der Waals surface area contributed by atoms with Gasteiger partial charge in [0.05, 0.1) is 24.3 Å². The zero-order chi connectivity index (χ0) is 27.6. The molecule has 0 saturated heterocycles. The average Bonchev–Trinajstić information content (AvgIpc) is 3.46. The Labute approximate surface area is 227 Å². The molecule has 3 heterocycles. The van der Waals surface area contributed by atoms with Crippen molar-refractivity contribution in [3.05, 3.63) is 60.0 Å². The summed E-state index contributed by atoms with van der Waals surface area (Å²) in [6.45, 7) is 4.51. The molecule has 0 radical (unpaired) electrons. The fourth-order valence-electron chi connectivity index (χ4n) is 5.63. The Morgan fingerprint density at radius 1 is 1.21 bits per heavy atom. The lowest BCUT2D eigenvalue weighted by Crippen LogP contribution is -2.34. The van der Waals surface area contributed by atoms with Crippen molar-refractivity contribution in [2.75, 3.05) is 17.7 Å². The van der Waals surface area contributed by atoms with Crippen molar-refractivity contribution in [3.8, 4) is 0 Å². The number of pyridine rings is 1. The maximum absolute atomic E-state index is 12.1. The summed E-state index contributed by atoms with van der Waals surface area (Å²) >= 11 is 0. The van der Waals surface area contributed by atoms with Gasteiger partial charge in [-0.15, -0.1) is 0 Å². The number of aromatic nitrogens is 4. The second-order valence-corrected chi connectivity index (χ2v) is 10.8. The minimum absolute atomic E-state index is 0.282. The number of amides is 1. The number of aliphatic hydroxyl groups is 2. The first kappa shape index (κ1) is 26.8. The molecule has 5 N–H and O–H groups in total. The number of nitrogen functional groups attached to an aromatic ring is 1. The summed E-state index contributed by atoms with van der Waals surface area (Å²) in [6, 6.07) is 13.5. The number of nitrogens with two attached hydrogens (primary N) is 1. The molecule has 4 atom stereocenters. The van der Waals surface area contributed by atoms with Gasteiger partial charge in [0.1, 0.15) is 17.7 Å². The van der Waals surface area contributed by atoms with E-state index in [0.717, 1.165) is 41.4 Å². The van der Waals surface area contributed by atoms with E-state index in [0.29, 0.717) is 43.0 Å². The largest absolute Gasteiger partial charge is 0.449 e. The zero-order valence-corrected chi connectivity index (χ0v) is 22.4. The number of rotatable bonds is 9. The van der Waals surface area contributed by atoms with E-state index in [1.54, 1.807) is 10.6 Å². The van der Waals surface area contributed by atoms with Crippen LogP contribution in [0.15, 0.2) is 48.8 Å². The molecule has 39 heavy (non-hydrogen) atoms. The molecular weight excluding hydrogens is 496 g/mol. The summed E-state index contributed by atoms with van der Waals surface area (Å²) in [6.07, 6.45) is 4.00. The first-order valence-corrected chi connectivity index (χ1v) is 13.6. The number of aryl methyl sites for hydroxylation is 1. The van der Waals surface area contributed by atoms with Crippen LogP contribution in [-0.2, 0) is 11.2 Å². The van der Waals surface area contributed by atoms with Crippen molar-refractivity contribution < 1.29 is 19.7 Å². The minimum Gasteiger partial charge on any atom is -0.449 e. The molecule has 1 saturated carbocycles. The molecule has 10 nitrogen and oxygen atoms in total. The number of benzene rings is 1. The van der Waals surface area contributed by atoms with E-state index in [1.165, 1.54) is 6.33 Å². The molecule has 4 aromatic rings. The summed E-state index contributed by atoms with van der Waals surface area (Å²) in [5, 5.41) is 30.1. The summed E-state index contributed by atoms with van der Waals surface area (Å²) in [5.74, 6) is 0.530. The number of hydrogen-bond donors (Lipinski definition) is 4. The van der Waals surface area contributed by atoms with Gasteiger partial charge in [-0.2, -0.15) is 5.10 Å². The number of anilines is 2. The van der Waals surface area contributed by atoms with E-state index in [9.17, 15) is 15.0 Å². The van der Waals surface area contributed by atoms with E-state index in [-0.39, 0.29) is 5.92 Å². The second kappa shape index (κ2) is 11.2. The standard InChI is InChI=1S/C29H36N6O4/c1-3-4-5-14-39-28(38)34-24-11-8-19-7-6-18(15-21(19)33-24)12-13-29(2)16-20(25(36)26(29)37)22-9-10-23-27(30)31-17-32-35(22)23/h6-11,15,17,20,25-26,36-37H,3-5,12-14,16H2,1-2H3,(H2,30,31,32)(H,33,34,38)/t20-,25-,26-,29-/m0/s1. The molecule has 1 aliphatic carbocycles. The van der Waals surface area contributed by atoms with Crippen molar-refractivity contribution in [2.24, 2.45) is 5.41 Å². The Balaban J connectivity index is 1.26. The number of nitrogens with one attached hydrogen (secondary N) is 1. The molecule has 1 amide bonds. The lowest BCUT2D eigenvalue weighted by molar-refractivity contribution is -0.0204. The van der Waals surface area contributed by atoms with Crippen LogP contribution in [0.3, 0.4) is 0 Å². The van der Waals surface area contributed by atoms with Gasteiger partial charge in [0.25, 0.3) is 0 Å². The highest BCUT2D eigenvalue weighted by Gasteiger charge is 2.50. The van der Waals surface area contributed by atoms with Gasteiger partial charge in [-0.25, -0.2) is 19.3 Å². The summed E-state index contributed by atoms with van der Waals surface area (Å²) < 4.78 is 6.93. The number of carbonyl (C=O) groups excluding carboxylic acids is 1. The highest BCUT2D eigenvalue weighted by atomic mass is 16.5. The van der Waals surface area contributed by atoms with Crippen molar-refractivity contribution in [1.82, 2.24) is 19.6 Å². The fourth-order valence-corrected chi connectivity index (χ4v) is 5.63. The van der Waals surface area contributed by atoms with Crippen LogP contribution in [0.5, 0.6) is 0 Å². The maximum atomic E-state index is 12.1. The van der Waals surface area contributed by atoms with Crippen LogP contribution >= 0.6 is 0 Å². The summed E-state index contributed by atoms with van der Waals surface area (Å²) in [4.78, 5) is 20.7. The highest BCUT2D eigenvalue weighted by Crippen LogP contribution is 2.49. The van der Waals surface area contributed by atoms with Crippen molar-refractivity contribution in [1.29, 1.82) is 0 Å². The van der Waals surface area contributed by atoms with Gasteiger partial charge in [0.15, 0.2) is 5.82 Å². The number of carbonyl (C=O) groups is 1. The quantitative estimate of drug-likeness (QED) is 0.231. The van der Waals surface area contributed by atoms with Gasteiger partial charge in [0.2, 0.25) is 0 Å². The number of hydrogen-bond acceptors (Lipinski definition) is 8. The Kier molecular flexibility index (Phi) is 7.67. The van der Waals surface area contributed by atoms with Crippen molar-refractivity contribution in [3.63, 3.8) is 0 Å². The fraction of sp³-hybridized carbons (Fsp3) is 0.448. The van der Waals surface area contributed by atoms with Crippen LogP contribution < -0.4 is 11.1 Å². The Morgan fingerprint density at radius 2 is 2.03 bits per heavy atom. The van der Waals surface area contributed by atoms with Crippen LogP contribution in [0.25, 0.3) is 16.4 Å². The van der Waals surface area contributed by atoms with Gasteiger partial charge < -0.3 is 20.7 Å². The molecule has 5 rings (SSSR count). The zero-order valence-electron chi connectivity index (χ0n) is 22.4. The van der Waals surface area contributed by atoms with Crippen molar-refractivity contribution >= 4 is 34.1 Å². The second-order valence-electron chi connectivity index (χ2n) is 10.8. The summed E-state index contributed by atoms with van der Waals surface area (Å²) in [7, 11) is 0. The van der Waals surface area contributed by atoms with Crippen LogP contribution in [0.2, 0.25) is 0 Å². The molecule has 0 bridgehead atoms. The average molecular weight is 533 g/mol. The maximum Gasteiger partial charge on any atom is 0.412 e. The van der Waals surface area contributed by atoms with Crippen molar-refractivity contribution in [2.45, 2.75) is 70.5 Å². The molecule has 1 aliphatic rings. The Hall–Kier alpha value is -3.76. The van der Waals surface area contributed by atoms with Crippen LogP contribution in [-0.4, -0.2) is 54.7 Å². The molecule has 206 valence electrons. The van der Waals surface area contributed by atoms with E-state index in [2.05, 4.69) is 33.4 Å². The molecule has 0 spiro atoms. The van der Waals surface area contributed by atoms with Gasteiger partial charge in [0, 0.05) is 17.0 Å². The topological polar surface area (TPSA) is 148 Å². The third kappa shape index (κ3) is 5.53. The number of aliphatic hydroxyl groups excluding tert-OH is 2. The molecule has 0 aliphatic heterocycles.